The van der Waals surface area contributed by atoms with Crippen molar-refractivity contribution in [1.29, 1.82) is 0 Å². The van der Waals surface area contributed by atoms with Crippen LogP contribution in [0.1, 0.15) is 39.1 Å². The first-order valence-corrected chi connectivity index (χ1v) is 8.05. The summed E-state index contributed by atoms with van der Waals surface area (Å²) in [5, 5.41) is 2.85. The van der Waals surface area contributed by atoms with Gasteiger partial charge in [-0.1, -0.05) is 18.2 Å². The SMILES string of the molecule is CC(=O)c1ccc(C(=O)NCCCCOc2ccccc2)s1. The van der Waals surface area contributed by atoms with Crippen molar-refractivity contribution in [3.8, 4) is 5.75 Å². The van der Waals surface area contributed by atoms with Crippen molar-refractivity contribution in [2.24, 2.45) is 0 Å². The smallest absolute Gasteiger partial charge is 0.261 e. The first kappa shape index (κ1) is 16.2. The lowest BCUT2D eigenvalue weighted by molar-refractivity contribution is 0.0955. The molecule has 0 aliphatic heterocycles. The van der Waals surface area contributed by atoms with Crippen LogP contribution in [-0.2, 0) is 0 Å². The van der Waals surface area contributed by atoms with Crippen molar-refractivity contribution in [2.45, 2.75) is 19.8 Å². The van der Waals surface area contributed by atoms with E-state index in [1.807, 2.05) is 30.3 Å². The first-order chi connectivity index (χ1) is 10.7. The number of thiophene rings is 1. The van der Waals surface area contributed by atoms with Crippen LogP contribution in [0.3, 0.4) is 0 Å². The van der Waals surface area contributed by atoms with Gasteiger partial charge in [-0.25, -0.2) is 0 Å². The van der Waals surface area contributed by atoms with E-state index in [4.69, 9.17) is 4.74 Å². The highest BCUT2D eigenvalue weighted by Crippen LogP contribution is 2.16. The molecule has 0 bridgehead atoms. The van der Waals surface area contributed by atoms with Crippen LogP contribution in [0.2, 0.25) is 0 Å². The number of para-hydroxylation sites is 1. The summed E-state index contributed by atoms with van der Waals surface area (Å²) in [6, 6.07) is 13.0. The molecule has 1 aromatic heterocycles. The van der Waals surface area contributed by atoms with Crippen molar-refractivity contribution in [1.82, 2.24) is 5.32 Å². The molecule has 1 N–H and O–H groups in total. The van der Waals surface area contributed by atoms with Gasteiger partial charge in [0.05, 0.1) is 16.4 Å². The van der Waals surface area contributed by atoms with E-state index in [0.717, 1.165) is 18.6 Å². The minimum Gasteiger partial charge on any atom is -0.494 e. The van der Waals surface area contributed by atoms with Gasteiger partial charge >= 0.3 is 0 Å². The Balaban J connectivity index is 1.62. The average Bonchev–Trinajstić information content (AvgIpc) is 3.02. The van der Waals surface area contributed by atoms with Gasteiger partial charge in [0.1, 0.15) is 5.75 Å². The normalized spacial score (nSPS) is 10.2. The number of carbonyl (C=O) groups excluding carboxylic acids is 2. The predicted molar refractivity (Wildman–Crippen MR) is 87.8 cm³/mol. The number of rotatable bonds is 8. The fourth-order valence-electron chi connectivity index (χ4n) is 1.87. The molecule has 0 aliphatic carbocycles. The molecule has 0 atom stereocenters. The summed E-state index contributed by atoms with van der Waals surface area (Å²) >= 11 is 1.23. The number of carbonyl (C=O) groups is 2. The van der Waals surface area contributed by atoms with E-state index in [1.165, 1.54) is 18.3 Å². The number of hydrogen-bond acceptors (Lipinski definition) is 4. The monoisotopic (exact) mass is 317 g/mol. The summed E-state index contributed by atoms with van der Waals surface area (Å²) < 4.78 is 5.58. The van der Waals surface area contributed by atoms with Crippen molar-refractivity contribution < 1.29 is 14.3 Å². The molecule has 0 saturated heterocycles. The van der Waals surface area contributed by atoms with Crippen molar-refractivity contribution in [2.75, 3.05) is 13.2 Å². The van der Waals surface area contributed by atoms with Crippen LogP contribution in [0.15, 0.2) is 42.5 Å². The number of benzene rings is 1. The van der Waals surface area contributed by atoms with Gasteiger partial charge in [-0.15, -0.1) is 11.3 Å². The Morgan fingerprint density at radius 3 is 2.45 bits per heavy atom. The summed E-state index contributed by atoms with van der Waals surface area (Å²) in [4.78, 5) is 24.3. The van der Waals surface area contributed by atoms with Crippen molar-refractivity contribution in [3.63, 3.8) is 0 Å². The Morgan fingerprint density at radius 2 is 1.77 bits per heavy atom. The number of nitrogens with one attached hydrogen (secondary N) is 1. The van der Waals surface area contributed by atoms with E-state index in [1.54, 1.807) is 12.1 Å². The lowest BCUT2D eigenvalue weighted by atomic mass is 10.3. The fraction of sp³-hybridized carbons (Fsp3) is 0.294. The molecule has 1 heterocycles. The van der Waals surface area contributed by atoms with E-state index in [2.05, 4.69) is 5.32 Å². The molecule has 0 fully saturated rings. The third kappa shape index (κ3) is 5.00. The van der Waals surface area contributed by atoms with Crippen LogP contribution in [0.25, 0.3) is 0 Å². The molecule has 2 rings (SSSR count). The second-order valence-electron chi connectivity index (χ2n) is 4.84. The van der Waals surface area contributed by atoms with Gasteiger partial charge in [0, 0.05) is 6.54 Å². The predicted octanol–water partition coefficient (Wildman–Crippen LogP) is 3.54. The molecule has 22 heavy (non-hydrogen) atoms. The largest absolute Gasteiger partial charge is 0.494 e. The summed E-state index contributed by atoms with van der Waals surface area (Å²) in [6.45, 7) is 2.73. The molecule has 0 spiro atoms. The maximum absolute atomic E-state index is 11.9. The zero-order chi connectivity index (χ0) is 15.8. The first-order valence-electron chi connectivity index (χ1n) is 7.23. The summed E-state index contributed by atoms with van der Waals surface area (Å²) in [5.41, 5.74) is 0. The third-order valence-electron chi connectivity index (χ3n) is 3.05. The lowest BCUT2D eigenvalue weighted by Gasteiger charge is -2.06. The number of amides is 1. The van der Waals surface area contributed by atoms with Gasteiger partial charge in [0.2, 0.25) is 0 Å². The van der Waals surface area contributed by atoms with Gasteiger partial charge in [0.15, 0.2) is 5.78 Å². The average molecular weight is 317 g/mol. The van der Waals surface area contributed by atoms with Gasteiger partial charge in [-0.3, -0.25) is 9.59 Å². The second-order valence-corrected chi connectivity index (χ2v) is 5.93. The summed E-state index contributed by atoms with van der Waals surface area (Å²) in [5.74, 6) is 0.727. The summed E-state index contributed by atoms with van der Waals surface area (Å²) in [6.07, 6.45) is 1.72. The lowest BCUT2D eigenvalue weighted by Crippen LogP contribution is -2.23. The van der Waals surface area contributed by atoms with E-state index < -0.39 is 0 Å². The summed E-state index contributed by atoms with van der Waals surface area (Å²) in [7, 11) is 0. The Bertz CT molecular complexity index is 622. The third-order valence-corrected chi connectivity index (χ3v) is 4.23. The molecular formula is C17H19NO3S. The Hall–Kier alpha value is -2.14. The molecule has 1 amide bonds. The van der Waals surface area contributed by atoms with Gasteiger partial charge in [-0.05, 0) is 44.0 Å². The van der Waals surface area contributed by atoms with Crippen molar-refractivity contribution >= 4 is 23.0 Å². The Kier molecular flexibility index (Phi) is 6.15. The molecule has 2 aromatic rings. The minimum absolute atomic E-state index is 0.0119. The van der Waals surface area contributed by atoms with Crippen LogP contribution < -0.4 is 10.1 Å². The molecule has 0 radical (unpaired) electrons. The maximum Gasteiger partial charge on any atom is 0.261 e. The highest BCUT2D eigenvalue weighted by molar-refractivity contribution is 7.15. The molecule has 1 aromatic carbocycles. The molecule has 5 heteroatoms. The van der Waals surface area contributed by atoms with E-state index in [-0.39, 0.29) is 11.7 Å². The standard InChI is InChI=1S/C17H19NO3S/c1-13(19)15-9-10-16(22-15)17(20)18-11-5-6-12-21-14-7-3-2-4-8-14/h2-4,7-10H,5-6,11-12H2,1H3,(H,18,20). The van der Waals surface area contributed by atoms with E-state index >= 15 is 0 Å². The second kappa shape index (κ2) is 8.34. The molecule has 4 nitrogen and oxygen atoms in total. The molecule has 0 unspecified atom stereocenters. The zero-order valence-corrected chi connectivity index (χ0v) is 13.3. The number of hydrogen-bond donors (Lipinski definition) is 1. The zero-order valence-electron chi connectivity index (χ0n) is 12.5. The molecule has 0 aliphatic rings. The molecule has 116 valence electrons. The topological polar surface area (TPSA) is 55.4 Å². The number of Topliss-reactive ketones (excluding diaryl/α,β-unsaturated/α-hetero) is 1. The Labute approximate surface area is 134 Å². The van der Waals surface area contributed by atoms with Gasteiger partial charge in [-0.2, -0.15) is 0 Å². The highest BCUT2D eigenvalue weighted by Gasteiger charge is 2.10. The van der Waals surface area contributed by atoms with Crippen LogP contribution in [-0.4, -0.2) is 24.8 Å². The van der Waals surface area contributed by atoms with Crippen molar-refractivity contribution in [3.05, 3.63) is 52.2 Å². The highest BCUT2D eigenvalue weighted by atomic mass is 32.1. The maximum atomic E-state index is 11.9. The number of ether oxygens (including phenoxy) is 1. The molecular weight excluding hydrogens is 298 g/mol. The minimum atomic E-state index is -0.124. The van der Waals surface area contributed by atoms with Crippen LogP contribution >= 0.6 is 11.3 Å². The number of ketones is 1. The van der Waals surface area contributed by atoms with Gasteiger partial charge < -0.3 is 10.1 Å². The molecule has 0 saturated carbocycles. The van der Waals surface area contributed by atoms with Gasteiger partial charge in [0.25, 0.3) is 5.91 Å². The van der Waals surface area contributed by atoms with Crippen LogP contribution in [0.4, 0.5) is 0 Å². The van der Waals surface area contributed by atoms with E-state index in [0.29, 0.717) is 22.9 Å². The van der Waals surface area contributed by atoms with E-state index in [9.17, 15) is 9.59 Å². The fourth-order valence-corrected chi connectivity index (χ4v) is 2.69. The quantitative estimate of drug-likeness (QED) is 0.598. The van der Waals surface area contributed by atoms with Crippen LogP contribution in [0.5, 0.6) is 5.75 Å². The van der Waals surface area contributed by atoms with Crippen LogP contribution in [0, 0.1) is 0 Å². The Morgan fingerprint density at radius 1 is 1.05 bits per heavy atom. The number of unbranched alkanes of at least 4 members (excludes halogenated alkanes) is 1.